The molecule has 0 bridgehead atoms. The Bertz CT molecular complexity index is 5970. The van der Waals surface area contributed by atoms with Crippen LogP contribution < -0.4 is 22.8 Å². The molecule has 106 heavy (non-hydrogen) atoms. The monoisotopic (exact) mass is 1410 g/mol. The van der Waals surface area contributed by atoms with E-state index in [1.165, 1.54) is 117 Å². The molecule has 15 aromatic rings. The molecular weight excluding hydrogens is 1300 g/mol. The molecular formula is C98H103F3N5+5. The van der Waals surface area contributed by atoms with E-state index in [1.54, 1.807) is 18.2 Å². The second-order valence-corrected chi connectivity index (χ2v) is 29.8. The molecule has 0 aliphatic rings. The van der Waals surface area contributed by atoms with Crippen molar-refractivity contribution in [2.45, 2.75) is 125 Å². The van der Waals surface area contributed by atoms with Crippen LogP contribution in [-0.4, -0.2) is 0 Å². The molecule has 10 aromatic carbocycles. The summed E-state index contributed by atoms with van der Waals surface area (Å²) < 4.78 is 54.7. The molecule has 536 valence electrons. The first-order chi connectivity index (χ1) is 50.3. The van der Waals surface area contributed by atoms with E-state index in [-0.39, 0.29) is 17.5 Å². The van der Waals surface area contributed by atoms with Gasteiger partial charge in [-0.05, 0) is 245 Å². The smallest absolute Gasteiger partial charge is 0.206 e. The third-order valence-electron chi connectivity index (χ3n) is 21.6. The van der Waals surface area contributed by atoms with Crippen LogP contribution >= 0.6 is 0 Å². The molecule has 5 nitrogen and oxygen atoms in total. The summed E-state index contributed by atoms with van der Waals surface area (Å²) >= 11 is 0. The molecule has 0 saturated heterocycles. The van der Waals surface area contributed by atoms with Gasteiger partial charge in [0.05, 0.1) is 16.2 Å². The summed E-state index contributed by atoms with van der Waals surface area (Å²) in [4.78, 5) is 0. The fourth-order valence-electron chi connectivity index (χ4n) is 15.5. The molecule has 0 N–H and O–H groups in total. The van der Waals surface area contributed by atoms with E-state index in [4.69, 9.17) is 0 Å². The highest BCUT2D eigenvalue weighted by Crippen LogP contribution is 2.34. The quantitative estimate of drug-likeness (QED) is 0.153. The Morgan fingerprint density at radius 3 is 0.887 bits per heavy atom. The Balaban J connectivity index is 0.000000132. The summed E-state index contributed by atoms with van der Waals surface area (Å²) in [6.07, 6.45) is 0. The highest BCUT2D eigenvalue weighted by atomic mass is 19.1. The van der Waals surface area contributed by atoms with E-state index in [1.807, 2.05) is 128 Å². The van der Waals surface area contributed by atoms with Gasteiger partial charge >= 0.3 is 0 Å². The van der Waals surface area contributed by atoms with Gasteiger partial charge in [0.15, 0.2) is 0 Å². The van der Waals surface area contributed by atoms with E-state index < -0.39 is 0 Å². The largest absolute Gasteiger partial charge is 0.216 e. The summed E-state index contributed by atoms with van der Waals surface area (Å²) in [5.74, 6) is -0.466. The van der Waals surface area contributed by atoms with Gasteiger partial charge in [0.1, 0.15) is 52.7 Å². The van der Waals surface area contributed by atoms with Gasteiger partial charge in [-0.15, -0.1) is 0 Å². The van der Waals surface area contributed by atoms with E-state index in [9.17, 15) is 13.2 Å². The molecule has 0 spiro atoms. The summed E-state index contributed by atoms with van der Waals surface area (Å²) in [6.45, 7) is 37.9. The van der Waals surface area contributed by atoms with Crippen LogP contribution in [0.5, 0.6) is 0 Å². The van der Waals surface area contributed by atoms with Crippen LogP contribution in [0.4, 0.5) is 13.2 Å². The van der Waals surface area contributed by atoms with E-state index in [0.29, 0.717) is 16.2 Å². The zero-order chi connectivity index (χ0) is 76.6. The van der Waals surface area contributed by atoms with Gasteiger partial charge in [-0.25, -0.2) is 13.2 Å². The van der Waals surface area contributed by atoms with E-state index in [0.717, 1.165) is 78.1 Å². The number of aryl methyl sites for hydroxylation is 21. The number of aromatic nitrogens is 5. The van der Waals surface area contributed by atoms with Gasteiger partial charge in [0.2, 0.25) is 56.1 Å². The van der Waals surface area contributed by atoms with Crippen LogP contribution in [0.2, 0.25) is 0 Å². The predicted molar refractivity (Wildman–Crippen MR) is 438 cm³/mol. The highest BCUT2D eigenvalue weighted by Gasteiger charge is 2.26. The molecule has 0 aliphatic carbocycles. The lowest BCUT2D eigenvalue weighted by Gasteiger charge is -2.11. The second kappa shape index (κ2) is 31.4. The van der Waals surface area contributed by atoms with Crippen molar-refractivity contribution in [2.24, 2.45) is 35.2 Å². The first kappa shape index (κ1) is 76.2. The zero-order valence-electron chi connectivity index (χ0n) is 66.5. The van der Waals surface area contributed by atoms with Gasteiger partial charge in [-0.3, -0.25) is 0 Å². The van der Waals surface area contributed by atoms with Crippen LogP contribution in [-0.2, 0) is 35.2 Å². The van der Waals surface area contributed by atoms with Crippen molar-refractivity contribution in [3.05, 3.63) is 324 Å². The molecule has 5 aromatic heterocycles. The number of halogens is 3. The second-order valence-electron chi connectivity index (χ2n) is 29.8. The fourth-order valence-corrected chi connectivity index (χ4v) is 15.5. The zero-order valence-corrected chi connectivity index (χ0v) is 66.5. The predicted octanol–water partition coefficient (Wildman–Crippen LogP) is 22.6. The Labute approximate surface area is 626 Å². The molecule has 0 fully saturated rings. The van der Waals surface area contributed by atoms with Crippen molar-refractivity contribution < 1.29 is 36.0 Å². The normalized spacial score (nSPS) is 11.1. The lowest BCUT2D eigenvalue weighted by Crippen LogP contribution is -2.33. The molecule has 5 heterocycles. The van der Waals surface area contributed by atoms with Crippen molar-refractivity contribution in [1.29, 1.82) is 0 Å². The number of nitrogens with zero attached hydrogens (tertiary/aromatic N) is 5. The van der Waals surface area contributed by atoms with Crippen molar-refractivity contribution >= 4 is 54.5 Å². The van der Waals surface area contributed by atoms with Gasteiger partial charge in [-0.2, -0.15) is 22.8 Å². The average Bonchev–Trinajstić information content (AvgIpc) is 0.785. The van der Waals surface area contributed by atoms with Gasteiger partial charge in [0, 0.05) is 99.3 Å². The first-order valence-corrected chi connectivity index (χ1v) is 36.7. The van der Waals surface area contributed by atoms with E-state index >= 15 is 0 Å². The lowest BCUT2D eigenvalue weighted by molar-refractivity contribution is -0.633. The number of benzene rings is 10. The number of pyridine rings is 5. The molecule has 0 saturated carbocycles. The van der Waals surface area contributed by atoms with Crippen LogP contribution in [0, 0.1) is 142 Å². The van der Waals surface area contributed by atoms with Gasteiger partial charge < -0.3 is 0 Å². The van der Waals surface area contributed by atoms with E-state index in [2.05, 4.69) is 243 Å². The van der Waals surface area contributed by atoms with Crippen LogP contribution in [0.3, 0.4) is 0 Å². The minimum atomic E-state index is -0.158. The summed E-state index contributed by atoms with van der Waals surface area (Å²) in [7, 11) is 10.3. The maximum Gasteiger partial charge on any atom is 0.216 e. The van der Waals surface area contributed by atoms with Crippen molar-refractivity contribution in [3.8, 4) is 56.3 Å². The molecule has 0 aliphatic heterocycles. The van der Waals surface area contributed by atoms with Crippen molar-refractivity contribution in [2.75, 3.05) is 0 Å². The Hall–Kier alpha value is -11.0. The lowest BCUT2D eigenvalue weighted by atomic mass is 9.96. The van der Waals surface area contributed by atoms with Crippen molar-refractivity contribution in [3.63, 3.8) is 0 Å². The number of rotatable bonds is 5. The number of hydrogen-bond acceptors (Lipinski definition) is 0. The number of fused-ring (bicyclic) bond motifs is 5. The summed E-state index contributed by atoms with van der Waals surface area (Å²) in [6, 6.07) is 70.6. The van der Waals surface area contributed by atoms with Gasteiger partial charge in [0.25, 0.3) is 0 Å². The molecule has 0 unspecified atom stereocenters. The minimum absolute atomic E-state index is 0.153. The first-order valence-electron chi connectivity index (χ1n) is 36.7. The van der Waals surface area contributed by atoms with Crippen molar-refractivity contribution in [1.82, 2.24) is 0 Å². The van der Waals surface area contributed by atoms with Crippen LogP contribution in [0.15, 0.2) is 206 Å². The molecule has 0 amide bonds. The van der Waals surface area contributed by atoms with Crippen LogP contribution in [0.25, 0.3) is 111 Å². The maximum absolute atomic E-state index is 14.7. The summed E-state index contributed by atoms with van der Waals surface area (Å²) in [5, 5.41) is 4.77. The molecule has 0 radical (unpaired) electrons. The Morgan fingerprint density at radius 1 is 0.198 bits per heavy atom. The molecule has 0 atom stereocenters. The Morgan fingerprint density at radius 2 is 0.491 bits per heavy atom. The SMILES string of the molecule is Cc1cc(C)c(C)c(-c2cc(F)c3c(C)cccc3[n+]2C)c1.Cc1cc(C)c(C)c(-c2ccc3c(C)cc(C)cc3[n+]2C)c1.Cc1ccc(C)c(-c2cc(F)c3c(C)cccc3[n+]2C)c1.Cc1ccc(C)c(-c2ccc3c(C)cc(C)cc3[n+]2C)c1.Cc1ccccc1-c1cc(F)c2c(C)cccc2[n+]1C. The van der Waals surface area contributed by atoms with Crippen LogP contribution in [0.1, 0.15) is 100 Å². The van der Waals surface area contributed by atoms with Gasteiger partial charge in [-0.1, -0.05) is 125 Å². The standard InChI is InChI=1S/C21H24N.C20H21FN.C20H22N.C19H19FN.C18H17FN/c1-13-9-15(3)17(5)19(11-13)20-8-7-18-16(4)10-14(2)12-21(18)22(20)6;1-12-9-14(3)15(4)16(10-12)19-11-17(21)20-13(2)7-6-8-18(20)22(19)5;1-13-6-7-15(3)18(11-13)19-9-8-17-16(4)10-14(2)12-20(17)21(19)5;1-12-8-9-13(2)15(10-12)18-11-16(20)19-14(3)6-5-7-17(19)21(18)4;1-12-7-4-5-9-14(12)17-11-15(19)18-13(2)8-6-10-16(18)20(17)3/h7-12H,1-6H3;6-11H,1-5H3;6-12H,1-5H3;5-11H,1-4H3;4-11H,1-3H3/q5*+1. The average molecular weight is 1410 g/mol. The third-order valence-corrected chi connectivity index (χ3v) is 21.6. The molecule has 15 rings (SSSR count). The maximum atomic E-state index is 14.7. The molecule has 8 heteroatoms. The third kappa shape index (κ3) is 15.4. The fraction of sp³-hybridized carbons (Fsp3) is 0.235. The number of hydrogen-bond donors (Lipinski definition) is 0. The topological polar surface area (TPSA) is 19.4 Å². The summed E-state index contributed by atoms with van der Waals surface area (Å²) in [5.41, 5.74) is 38.5. The minimum Gasteiger partial charge on any atom is -0.206 e. The highest BCUT2D eigenvalue weighted by molar-refractivity contribution is 5.86. The Kier molecular flexibility index (Phi) is 22.6.